The molecule has 3 nitrogen and oxygen atoms in total. The first kappa shape index (κ1) is 11.3. The molecular formula is C13H18O3. The van der Waals surface area contributed by atoms with Gasteiger partial charge in [-0.25, -0.2) is 0 Å². The van der Waals surface area contributed by atoms with Gasteiger partial charge in [-0.05, 0) is 38.8 Å². The first-order valence-electron chi connectivity index (χ1n) is 5.63. The van der Waals surface area contributed by atoms with E-state index in [1.54, 1.807) is 7.11 Å². The minimum atomic E-state index is -0.739. The van der Waals surface area contributed by atoms with Crippen LogP contribution in [0.5, 0.6) is 11.5 Å². The van der Waals surface area contributed by atoms with Crippen LogP contribution in [0.2, 0.25) is 0 Å². The molecule has 16 heavy (non-hydrogen) atoms. The lowest BCUT2D eigenvalue weighted by atomic mass is 10.1. The highest BCUT2D eigenvalue weighted by Gasteiger charge is 2.46. The standard InChI is InChI=1S/C13H18O3/c1-9(2)16-11-6-4-5-10(15-3)12(11)13(14)7-8-13/h4-6,9,14H,7-8H2,1-3H3. The maximum Gasteiger partial charge on any atom is 0.129 e. The van der Waals surface area contributed by atoms with Gasteiger partial charge < -0.3 is 14.6 Å². The van der Waals surface area contributed by atoms with Gasteiger partial charge in [-0.2, -0.15) is 0 Å². The molecule has 0 amide bonds. The summed E-state index contributed by atoms with van der Waals surface area (Å²) in [6.45, 7) is 3.94. The highest BCUT2D eigenvalue weighted by molar-refractivity contribution is 5.50. The van der Waals surface area contributed by atoms with E-state index in [-0.39, 0.29) is 6.10 Å². The summed E-state index contributed by atoms with van der Waals surface area (Å²) in [6, 6.07) is 5.62. The molecule has 0 spiro atoms. The normalized spacial score (nSPS) is 17.3. The lowest BCUT2D eigenvalue weighted by molar-refractivity contribution is 0.137. The third-order valence-electron chi connectivity index (χ3n) is 2.76. The molecule has 1 aromatic rings. The second-order valence-electron chi connectivity index (χ2n) is 4.53. The largest absolute Gasteiger partial charge is 0.496 e. The fourth-order valence-electron chi connectivity index (χ4n) is 1.86. The van der Waals surface area contributed by atoms with Gasteiger partial charge in [0, 0.05) is 0 Å². The van der Waals surface area contributed by atoms with Crippen molar-refractivity contribution in [1.29, 1.82) is 0 Å². The Kier molecular flexibility index (Phi) is 2.80. The molecule has 0 unspecified atom stereocenters. The smallest absolute Gasteiger partial charge is 0.129 e. The van der Waals surface area contributed by atoms with Gasteiger partial charge in [0.2, 0.25) is 0 Å². The second kappa shape index (κ2) is 3.98. The van der Waals surface area contributed by atoms with Crippen molar-refractivity contribution in [2.24, 2.45) is 0 Å². The number of hydrogen-bond acceptors (Lipinski definition) is 3. The van der Waals surface area contributed by atoms with Crippen LogP contribution in [0.15, 0.2) is 18.2 Å². The van der Waals surface area contributed by atoms with Gasteiger partial charge in [0.1, 0.15) is 11.5 Å². The van der Waals surface area contributed by atoms with Crippen LogP contribution in [0, 0.1) is 0 Å². The number of aliphatic hydroxyl groups is 1. The Bertz CT molecular complexity index is 381. The van der Waals surface area contributed by atoms with Crippen molar-refractivity contribution in [2.75, 3.05) is 7.11 Å². The van der Waals surface area contributed by atoms with E-state index in [0.717, 1.165) is 24.2 Å². The van der Waals surface area contributed by atoms with Gasteiger partial charge in [-0.15, -0.1) is 0 Å². The van der Waals surface area contributed by atoms with E-state index in [1.165, 1.54) is 0 Å². The van der Waals surface area contributed by atoms with E-state index in [2.05, 4.69) is 0 Å². The fraction of sp³-hybridized carbons (Fsp3) is 0.538. The van der Waals surface area contributed by atoms with Gasteiger partial charge >= 0.3 is 0 Å². The molecule has 1 fully saturated rings. The summed E-state index contributed by atoms with van der Waals surface area (Å²) in [5, 5.41) is 10.2. The average Bonchev–Trinajstić information content (AvgIpc) is 2.96. The molecule has 0 radical (unpaired) electrons. The number of ether oxygens (including phenoxy) is 2. The number of rotatable bonds is 4. The Balaban J connectivity index is 2.43. The Morgan fingerprint density at radius 1 is 1.25 bits per heavy atom. The average molecular weight is 222 g/mol. The predicted molar refractivity (Wildman–Crippen MR) is 61.9 cm³/mol. The summed E-state index contributed by atoms with van der Waals surface area (Å²) >= 11 is 0. The van der Waals surface area contributed by atoms with Crippen LogP contribution in [-0.4, -0.2) is 18.3 Å². The van der Waals surface area contributed by atoms with Crippen LogP contribution < -0.4 is 9.47 Å². The first-order valence-corrected chi connectivity index (χ1v) is 5.63. The van der Waals surface area contributed by atoms with Crippen molar-refractivity contribution in [1.82, 2.24) is 0 Å². The van der Waals surface area contributed by atoms with E-state index in [4.69, 9.17) is 9.47 Å². The van der Waals surface area contributed by atoms with Gasteiger partial charge in [0.25, 0.3) is 0 Å². The van der Waals surface area contributed by atoms with E-state index in [1.807, 2.05) is 32.0 Å². The summed E-state index contributed by atoms with van der Waals surface area (Å²) < 4.78 is 11.0. The number of hydrogen-bond donors (Lipinski definition) is 1. The number of benzene rings is 1. The van der Waals surface area contributed by atoms with Crippen molar-refractivity contribution in [3.8, 4) is 11.5 Å². The summed E-state index contributed by atoms with van der Waals surface area (Å²) in [5.41, 5.74) is 0.0581. The van der Waals surface area contributed by atoms with Gasteiger partial charge in [-0.3, -0.25) is 0 Å². The van der Waals surface area contributed by atoms with E-state index < -0.39 is 5.60 Å². The van der Waals surface area contributed by atoms with Crippen LogP contribution in [0.1, 0.15) is 32.3 Å². The first-order chi connectivity index (χ1) is 7.57. The van der Waals surface area contributed by atoms with Crippen LogP contribution in [-0.2, 0) is 5.60 Å². The molecule has 0 saturated heterocycles. The predicted octanol–water partition coefficient (Wildman–Crippen LogP) is 2.46. The Hall–Kier alpha value is -1.22. The molecule has 2 rings (SSSR count). The fourth-order valence-corrected chi connectivity index (χ4v) is 1.86. The van der Waals surface area contributed by atoms with Crippen molar-refractivity contribution >= 4 is 0 Å². The molecule has 0 aliphatic heterocycles. The third kappa shape index (κ3) is 2.00. The molecule has 0 aromatic heterocycles. The quantitative estimate of drug-likeness (QED) is 0.850. The van der Waals surface area contributed by atoms with E-state index in [9.17, 15) is 5.11 Å². The monoisotopic (exact) mass is 222 g/mol. The maximum atomic E-state index is 10.2. The molecule has 0 bridgehead atoms. The SMILES string of the molecule is COc1cccc(OC(C)C)c1C1(O)CC1. The summed E-state index contributed by atoms with van der Waals surface area (Å²) in [5.74, 6) is 1.44. The zero-order valence-corrected chi connectivity index (χ0v) is 9.99. The van der Waals surface area contributed by atoms with Crippen LogP contribution >= 0.6 is 0 Å². The lowest BCUT2D eigenvalue weighted by Crippen LogP contribution is -2.13. The third-order valence-corrected chi connectivity index (χ3v) is 2.76. The molecule has 1 N–H and O–H groups in total. The Labute approximate surface area is 96.0 Å². The van der Waals surface area contributed by atoms with Crippen LogP contribution in [0.25, 0.3) is 0 Å². The highest BCUT2D eigenvalue weighted by atomic mass is 16.5. The molecule has 0 heterocycles. The van der Waals surface area contributed by atoms with Gasteiger partial charge in [0.15, 0.2) is 0 Å². The van der Waals surface area contributed by atoms with E-state index >= 15 is 0 Å². The lowest BCUT2D eigenvalue weighted by Gasteiger charge is -2.20. The summed E-state index contributed by atoms with van der Waals surface area (Å²) in [7, 11) is 1.61. The van der Waals surface area contributed by atoms with Crippen molar-refractivity contribution in [3.63, 3.8) is 0 Å². The number of methoxy groups -OCH3 is 1. The summed E-state index contributed by atoms with van der Waals surface area (Å²) in [6.07, 6.45) is 1.65. The molecule has 1 aromatic carbocycles. The molecule has 88 valence electrons. The topological polar surface area (TPSA) is 38.7 Å². The van der Waals surface area contributed by atoms with Gasteiger partial charge in [0.05, 0.1) is 24.4 Å². The maximum absolute atomic E-state index is 10.2. The minimum absolute atomic E-state index is 0.0909. The molecular weight excluding hydrogens is 204 g/mol. The van der Waals surface area contributed by atoms with Crippen molar-refractivity contribution in [3.05, 3.63) is 23.8 Å². The zero-order chi connectivity index (χ0) is 11.8. The molecule has 1 aliphatic rings. The highest BCUT2D eigenvalue weighted by Crippen LogP contribution is 2.52. The zero-order valence-electron chi connectivity index (χ0n) is 9.99. The van der Waals surface area contributed by atoms with Crippen molar-refractivity contribution < 1.29 is 14.6 Å². The Morgan fingerprint density at radius 3 is 2.38 bits per heavy atom. The molecule has 1 saturated carbocycles. The Morgan fingerprint density at radius 2 is 1.88 bits per heavy atom. The second-order valence-corrected chi connectivity index (χ2v) is 4.53. The molecule has 1 aliphatic carbocycles. The van der Waals surface area contributed by atoms with Crippen LogP contribution in [0.4, 0.5) is 0 Å². The van der Waals surface area contributed by atoms with Gasteiger partial charge in [-0.1, -0.05) is 6.07 Å². The van der Waals surface area contributed by atoms with Crippen LogP contribution in [0.3, 0.4) is 0 Å². The van der Waals surface area contributed by atoms with Crippen molar-refractivity contribution in [2.45, 2.75) is 38.4 Å². The minimum Gasteiger partial charge on any atom is -0.496 e. The molecule has 0 atom stereocenters. The molecule has 3 heteroatoms. The van der Waals surface area contributed by atoms with E-state index in [0.29, 0.717) is 5.75 Å². The summed E-state index contributed by atoms with van der Waals surface area (Å²) in [4.78, 5) is 0.